The van der Waals surface area contributed by atoms with Crippen LogP contribution in [0.2, 0.25) is 0 Å². The minimum absolute atomic E-state index is 0.161. The summed E-state index contributed by atoms with van der Waals surface area (Å²) in [5.74, 6) is 0.463. The van der Waals surface area contributed by atoms with Crippen LogP contribution in [0, 0.1) is 5.82 Å². The molecule has 2 aromatic rings. The van der Waals surface area contributed by atoms with Gasteiger partial charge in [0, 0.05) is 38.1 Å². The minimum atomic E-state index is -0.359. The summed E-state index contributed by atoms with van der Waals surface area (Å²) in [6.45, 7) is 4.09. The van der Waals surface area contributed by atoms with Gasteiger partial charge in [0.1, 0.15) is 29.5 Å². The lowest BCUT2D eigenvalue weighted by Gasteiger charge is -2.36. The lowest BCUT2D eigenvalue weighted by atomic mass is 10.1. The van der Waals surface area contributed by atoms with Gasteiger partial charge in [0.15, 0.2) is 0 Å². The largest absolute Gasteiger partial charge is 0.344 e. The van der Waals surface area contributed by atoms with Crippen LogP contribution in [0.25, 0.3) is 10.9 Å². The highest BCUT2D eigenvalue weighted by Crippen LogP contribution is 2.31. The lowest BCUT2D eigenvalue weighted by Crippen LogP contribution is -2.53. The fourth-order valence-corrected chi connectivity index (χ4v) is 3.78. The predicted octanol–water partition coefficient (Wildman–Crippen LogP) is 1.51. The number of carbonyl (C=O) groups is 1. The summed E-state index contributed by atoms with van der Waals surface area (Å²) in [7, 11) is 2.07. The summed E-state index contributed by atoms with van der Waals surface area (Å²) in [5.41, 5.74) is 0.310. The summed E-state index contributed by atoms with van der Waals surface area (Å²) >= 11 is 0. The molecule has 1 unspecified atom stereocenters. The molecule has 0 saturated carbocycles. The highest BCUT2D eigenvalue weighted by Gasteiger charge is 2.36. The molecule has 3 heterocycles. The Labute approximate surface area is 146 Å². The topological polar surface area (TPSA) is 52.6 Å². The zero-order chi connectivity index (χ0) is 17.4. The van der Waals surface area contributed by atoms with Gasteiger partial charge in [-0.2, -0.15) is 0 Å². The molecular weight excluding hydrogens is 321 g/mol. The second kappa shape index (κ2) is 6.55. The van der Waals surface area contributed by atoms with Crippen molar-refractivity contribution < 1.29 is 9.18 Å². The van der Waals surface area contributed by atoms with Crippen molar-refractivity contribution >= 4 is 22.6 Å². The number of fused-ring (bicyclic) bond motifs is 1. The minimum Gasteiger partial charge on any atom is -0.344 e. The zero-order valence-electron chi connectivity index (χ0n) is 14.4. The molecule has 1 aromatic heterocycles. The van der Waals surface area contributed by atoms with Crippen LogP contribution in [0.1, 0.15) is 12.8 Å². The van der Waals surface area contributed by atoms with E-state index in [1.807, 2.05) is 15.9 Å². The van der Waals surface area contributed by atoms with Crippen LogP contribution in [-0.2, 0) is 4.79 Å². The van der Waals surface area contributed by atoms with E-state index in [1.165, 1.54) is 12.4 Å². The standard InChI is InChI=1S/C18H22FN5O/c1-22-8-10-23(11-9-22)18(25)15-6-3-7-24(15)17-13-4-2-5-14(19)16(13)20-12-21-17/h2,4-5,12,15H,3,6-11H2,1H3. The molecule has 2 aliphatic rings. The van der Waals surface area contributed by atoms with Crippen molar-refractivity contribution in [3.63, 3.8) is 0 Å². The van der Waals surface area contributed by atoms with Crippen molar-refractivity contribution in [2.24, 2.45) is 0 Å². The zero-order valence-corrected chi connectivity index (χ0v) is 14.4. The van der Waals surface area contributed by atoms with Gasteiger partial charge in [0.2, 0.25) is 5.91 Å². The van der Waals surface area contributed by atoms with Gasteiger partial charge >= 0.3 is 0 Å². The second-order valence-electron chi connectivity index (χ2n) is 6.81. The van der Waals surface area contributed by atoms with Crippen molar-refractivity contribution in [2.45, 2.75) is 18.9 Å². The van der Waals surface area contributed by atoms with Gasteiger partial charge in [-0.25, -0.2) is 14.4 Å². The molecule has 0 aliphatic carbocycles. The van der Waals surface area contributed by atoms with Crippen molar-refractivity contribution in [2.75, 3.05) is 44.7 Å². The molecule has 1 amide bonds. The van der Waals surface area contributed by atoms with Crippen molar-refractivity contribution in [3.8, 4) is 0 Å². The third kappa shape index (κ3) is 2.93. The monoisotopic (exact) mass is 343 g/mol. The number of carbonyl (C=O) groups excluding carboxylic acids is 1. The van der Waals surface area contributed by atoms with Gasteiger partial charge in [0.25, 0.3) is 0 Å². The summed E-state index contributed by atoms with van der Waals surface area (Å²) in [4.78, 5) is 27.7. The number of benzene rings is 1. The fraction of sp³-hybridized carbons (Fsp3) is 0.500. The number of para-hydroxylation sites is 1. The Balaban J connectivity index is 1.64. The van der Waals surface area contributed by atoms with Crippen LogP contribution in [0.3, 0.4) is 0 Å². The van der Waals surface area contributed by atoms with Gasteiger partial charge < -0.3 is 14.7 Å². The first-order chi connectivity index (χ1) is 12.1. The molecule has 6 nitrogen and oxygen atoms in total. The maximum absolute atomic E-state index is 14.0. The Hall–Kier alpha value is -2.28. The number of amides is 1. The Morgan fingerprint density at radius 3 is 2.76 bits per heavy atom. The number of hydrogen-bond acceptors (Lipinski definition) is 5. The van der Waals surface area contributed by atoms with Gasteiger partial charge in [-0.15, -0.1) is 0 Å². The summed E-state index contributed by atoms with van der Waals surface area (Å²) in [6, 6.07) is 4.67. The van der Waals surface area contributed by atoms with Crippen LogP contribution in [0.15, 0.2) is 24.5 Å². The third-order valence-electron chi connectivity index (χ3n) is 5.22. The van der Waals surface area contributed by atoms with Gasteiger partial charge in [0.05, 0.1) is 0 Å². The summed E-state index contributed by atoms with van der Waals surface area (Å²) < 4.78 is 14.0. The van der Waals surface area contributed by atoms with Crippen molar-refractivity contribution in [1.29, 1.82) is 0 Å². The van der Waals surface area contributed by atoms with Gasteiger partial charge in [-0.1, -0.05) is 6.07 Å². The normalized spacial score (nSPS) is 21.9. The van der Waals surface area contributed by atoms with Crippen LogP contribution in [-0.4, -0.2) is 71.5 Å². The number of nitrogens with zero attached hydrogens (tertiary/aromatic N) is 5. The number of likely N-dealkylation sites (N-methyl/N-ethyl adjacent to an activating group) is 1. The first-order valence-electron chi connectivity index (χ1n) is 8.78. The highest BCUT2D eigenvalue weighted by atomic mass is 19.1. The number of rotatable bonds is 2. The van der Waals surface area contributed by atoms with Crippen LogP contribution in [0.4, 0.5) is 10.2 Å². The van der Waals surface area contributed by atoms with E-state index in [2.05, 4.69) is 21.9 Å². The first kappa shape index (κ1) is 16.2. The van der Waals surface area contributed by atoms with E-state index in [-0.39, 0.29) is 17.8 Å². The summed E-state index contributed by atoms with van der Waals surface area (Å²) in [6.07, 6.45) is 3.13. The predicted molar refractivity (Wildman–Crippen MR) is 93.9 cm³/mol. The number of piperazine rings is 1. The molecule has 2 fully saturated rings. The maximum Gasteiger partial charge on any atom is 0.245 e. The molecule has 132 valence electrons. The van der Waals surface area contributed by atoms with E-state index in [9.17, 15) is 9.18 Å². The number of anilines is 1. The molecule has 2 saturated heterocycles. The molecule has 1 aromatic carbocycles. The van der Waals surface area contributed by atoms with E-state index in [4.69, 9.17) is 0 Å². The third-order valence-corrected chi connectivity index (χ3v) is 5.22. The Morgan fingerprint density at radius 1 is 1.16 bits per heavy atom. The van der Waals surface area contributed by atoms with E-state index < -0.39 is 0 Å². The van der Waals surface area contributed by atoms with E-state index >= 15 is 0 Å². The average Bonchev–Trinajstić information content (AvgIpc) is 3.11. The molecule has 0 N–H and O–H groups in total. The highest BCUT2D eigenvalue weighted by molar-refractivity contribution is 5.93. The van der Waals surface area contributed by atoms with E-state index in [0.717, 1.165) is 45.6 Å². The molecule has 4 rings (SSSR count). The van der Waals surface area contributed by atoms with Crippen molar-refractivity contribution in [3.05, 3.63) is 30.3 Å². The molecule has 0 bridgehead atoms. The van der Waals surface area contributed by atoms with Crippen molar-refractivity contribution in [1.82, 2.24) is 19.8 Å². The maximum atomic E-state index is 14.0. The lowest BCUT2D eigenvalue weighted by molar-refractivity contribution is -0.134. The van der Waals surface area contributed by atoms with E-state index in [0.29, 0.717) is 16.7 Å². The SMILES string of the molecule is CN1CCN(C(=O)C2CCCN2c2ncnc3c(F)cccc23)CC1. The molecule has 2 aliphatic heterocycles. The van der Waals surface area contributed by atoms with Gasteiger partial charge in [-0.05, 0) is 32.0 Å². The molecule has 1 atom stereocenters. The Morgan fingerprint density at radius 2 is 1.96 bits per heavy atom. The Kier molecular flexibility index (Phi) is 4.25. The van der Waals surface area contributed by atoms with Gasteiger partial charge in [-0.3, -0.25) is 4.79 Å². The van der Waals surface area contributed by atoms with E-state index in [1.54, 1.807) is 6.07 Å². The fourth-order valence-electron chi connectivity index (χ4n) is 3.78. The smallest absolute Gasteiger partial charge is 0.245 e. The molecular formula is C18H22FN5O. The van der Waals surface area contributed by atoms with Crippen LogP contribution >= 0.6 is 0 Å². The number of aromatic nitrogens is 2. The second-order valence-corrected chi connectivity index (χ2v) is 6.81. The molecule has 0 radical (unpaired) electrons. The molecule has 25 heavy (non-hydrogen) atoms. The number of hydrogen-bond donors (Lipinski definition) is 0. The summed E-state index contributed by atoms with van der Waals surface area (Å²) in [5, 5.41) is 0.667. The van der Waals surface area contributed by atoms with Crippen LogP contribution in [0.5, 0.6) is 0 Å². The first-order valence-corrected chi connectivity index (χ1v) is 8.78. The molecule has 7 heteroatoms. The quantitative estimate of drug-likeness (QED) is 0.827. The number of halogens is 1. The van der Waals surface area contributed by atoms with Crippen LogP contribution < -0.4 is 4.90 Å². The average molecular weight is 343 g/mol. The molecule has 0 spiro atoms. The Bertz CT molecular complexity index is 790.